The lowest BCUT2D eigenvalue weighted by Gasteiger charge is -1.89. The smallest absolute Gasteiger partial charge is 0.345 e. The zero-order valence-corrected chi connectivity index (χ0v) is 8.72. The van der Waals surface area contributed by atoms with Crippen molar-refractivity contribution >= 4 is 43.5 Å². The highest BCUT2D eigenvalue weighted by molar-refractivity contribution is 9.10. The van der Waals surface area contributed by atoms with E-state index in [9.17, 15) is 4.79 Å². The number of aromatic carboxylic acids is 1. The van der Waals surface area contributed by atoms with Crippen LogP contribution >= 0.6 is 27.3 Å². The van der Waals surface area contributed by atoms with Gasteiger partial charge in [0.2, 0.25) is 0 Å². The topological polar surface area (TPSA) is 50.2 Å². The molecule has 2 aromatic rings. The van der Waals surface area contributed by atoms with Crippen molar-refractivity contribution in [1.29, 1.82) is 0 Å². The second-order valence-electron chi connectivity index (χ2n) is 2.43. The molecular weight excluding hydrogens is 254 g/mol. The third-order valence-electron chi connectivity index (χ3n) is 1.59. The fourth-order valence-corrected chi connectivity index (χ4v) is 2.43. The average molecular weight is 258 g/mol. The first-order valence-electron chi connectivity index (χ1n) is 3.46. The number of hydrogen-bond acceptors (Lipinski definition) is 3. The number of hydrogen-bond donors (Lipinski definition) is 1. The summed E-state index contributed by atoms with van der Waals surface area (Å²) < 4.78 is 0.876. The molecule has 0 aliphatic heterocycles. The summed E-state index contributed by atoms with van der Waals surface area (Å²) in [4.78, 5) is 15.8. The van der Waals surface area contributed by atoms with Crippen molar-refractivity contribution in [1.82, 2.24) is 4.98 Å². The lowest BCUT2D eigenvalue weighted by Crippen LogP contribution is -1.89. The SMILES string of the molecule is O=C(O)c1cc2c(Br)ccnc2s1. The molecule has 0 saturated carbocycles. The van der Waals surface area contributed by atoms with Crippen molar-refractivity contribution in [2.45, 2.75) is 0 Å². The van der Waals surface area contributed by atoms with E-state index >= 15 is 0 Å². The first kappa shape index (κ1) is 8.65. The van der Waals surface area contributed by atoms with Crippen molar-refractivity contribution < 1.29 is 9.90 Å². The first-order chi connectivity index (χ1) is 6.18. The Morgan fingerprint density at radius 1 is 1.62 bits per heavy atom. The molecule has 0 amide bonds. The summed E-state index contributed by atoms with van der Waals surface area (Å²) >= 11 is 4.51. The van der Waals surface area contributed by atoms with E-state index < -0.39 is 5.97 Å². The molecule has 3 nitrogen and oxygen atoms in total. The van der Waals surface area contributed by atoms with Gasteiger partial charge in [-0.15, -0.1) is 11.3 Å². The van der Waals surface area contributed by atoms with Crippen molar-refractivity contribution in [3.8, 4) is 0 Å². The van der Waals surface area contributed by atoms with Crippen LogP contribution in [0.15, 0.2) is 22.8 Å². The van der Waals surface area contributed by atoms with Crippen LogP contribution < -0.4 is 0 Å². The van der Waals surface area contributed by atoms with Crippen molar-refractivity contribution in [3.63, 3.8) is 0 Å². The fraction of sp³-hybridized carbons (Fsp3) is 0. The van der Waals surface area contributed by atoms with Crippen LogP contribution in [0.2, 0.25) is 0 Å². The molecule has 0 aromatic carbocycles. The second kappa shape index (κ2) is 3.08. The number of aromatic nitrogens is 1. The van der Waals surface area contributed by atoms with Crippen LogP contribution in [0.4, 0.5) is 0 Å². The van der Waals surface area contributed by atoms with Crippen LogP contribution in [0.1, 0.15) is 9.67 Å². The van der Waals surface area contributed by atoms with E-state index in [1.54, 1.807) is 18.3 Å². The Morgan fingerprint density at radius 3 is 3.00 bits per heavy atom. The van der Waals surface area contributed by atoms with Gasteiger partial charge in [-0.3, -0.25) is 0 Å². The molecule has 66 valence electrons. The molecule has 2 heterocycles. The fourth-order valence-electron chi connectivity index (χ4n) is 1.01. The van der Waals surface area contributed by atoms with Crippen LogP contribution in [0, 0.1) is 0 Å². The van der Waals surface area contributed by atoms with Gasteiger partial charge in [0.25, 0.3) is 0 Å². The molecule has 0 radical (unpaired) electrons. The predicted molar refractivity (Wildman–Crippen MR) is 54.3 cm³/mol. The Bertz CT molecular complexity index is 480. The number of halogens is 1. The van der Waals surface area contributed by atoms with Gasteiger partial charge in [0.1, 0.15) is 9.71 Å². The highest BCUT2D eigenvalue weighted by Gasteiger charge is 2.10. The highest BCUT2D eigenvalue weighted by Crippen LogP contribution is 2.29. The maximum Gasteiger partial charge on any atom is 0.345 e. The van der Waals surface area contributed by atoms with E-state index in [0.717, 1.165) is 14.7 Å². The van der Waals surface area contributed by atoms with Gasteiger partial charge in [-0.1, -0.05) is 15.9 Å². The largest absolute Gasteiger partial charge is 0.477 e. The van der Waals surface area contributed by atoms with Gasteiger partial charge >= 0.3 is 5.97 Å². The minimum atomic E-state index is -0.907. The van der Waals surface area contributed by atoms with Crippen LogP contribution in [-0.4, -0.2) is 16.1 Å². The summed E-state index contributed by atoms with van der Waals surface area (Å²) in [5.74, 6) is -0.907. The minimum absolute atomic E-state index is 0.314. The number of pyridine rings is 1. The summed E-state index contributed by atoms with van der Waals surface area (Å²) in [7, 11) is 0. The molecule has 13 heavy (non-hydrogen) atoms. The van der Waals surface area contributed by atoms with Gasteiger partial charge in [0.15, 0.2) is 0 Å². The van der Waals surface area contributed by atoms with E-state index in [1.807, 2.05) is 0 Å². The summed E-state index contributed by atoms with van der Waals surface area (Å²) in [5, 5.41) is 9.60. The van der Waals surface area contributed by atoms with E-state index in [-0.39, 0.29) is 0 Å². The standard InChI is InChI=1S/C8H4BrNO2S/c9-5-1-2-10-7-4(5)3-6(13-7)8(11)12/h1-3H,(H,11,12). The first-order valence-corrected chi connectivity index (χ1v) is 5.07. The Hall–Kier alpha value is -0.940. The lowest BCUT2D eigenvalue weighted by molar-refractivity contribution is 0.0702. The molecule has 1 N–H and O–H groups in total. The van der Waals surface area contributed by atoms with Gasteiger partial charge in [-0.2, -0.15) is 0 Å². The van der Waals surface area contributed by atoms with E-state index in [0.29, 0.717) is 4.88 Å². The number of thiophene rings is 1. The van der Waals surface area contributed by atoms with Crippen molar-refractivity contribution in [2.75, 3.05) is 0 Å². The molecule has 0 spiro atoms. The monoisotopic (exact) mass is 257 g/mol. The molecule has 0 atom stereocenters. The van der Waals surface area contributed by atoms with Gasteiger partial charge < -0.3 is 5.11 Å². The third-order valence-corrected chi connectivity index (χ3v) is 3.32. The van der Waals surface area contributed by atoms with Gasteiger partial charge in [-0.25, -0.2) is 9.78 Å². The Balaban J connectivity index is 2.75. The number of carboxylic acids is 1. The molecule has 0 bridgehead atoms. The zero-order valence-electron chi connectivity index (χ0n) is 6.32. The van der Waals surface area contributed by atoms with Crippen molar-refractivity contribution in [3.05, 3.63) is 27.7 Å². The van der Waals surface area contributed by atoms with Gasteiger partial charge in [-0.05, 0) is 12.1 Å². The highest BCUT2D eigenvalue weighted by atomic mass is 79.9. The predicted octanol–water partition coefficient (Wildman–Crippen LogP) is 2.76. The number of fused-ring (bicyclic) bond motifs is 1. The summed E-state index contributed by atoms with van der Waals surface area (Å²) in [6, 6.07) is 3.42. The zero-order chi connectivity index (χ0) is 9.42. The molecule has 2 aromatic heterocycles. The molecule has 0 aliphatic carbocycles. The summed E-state index contributed by atoms with van der Waals surface area (Å²) in [6.45, 7) is 0. The lowest BCUT2D eigenvalue weighted by atomic mass is 10.3. The quantitative estimate of drug-likeness (QED) is 0.855. The molecule has 0 unspecified atom stereocenters. The number of carboxylic acid groups (broad SMARTS) is 1. The van der Waals surface area contributed by atoms with Crippen LogP contribution in [0.5, 0.6) is 0 Å². The van der Waals surface area contributed by atoms with Crippen molar-refractivity contribution in [2.24, 2.45) is 0 Å². The van der Waals surface area contributed by atoms with E-state index in [2.05, 4.69) is 20.9 Å². The van der Waals surface area contributed by atoms with Gasteiger partial charge in [0, 0.05) is 16.1 Å². The molecule has 0 aliphatic rings. The summed E-state index contributed by atoms with van der Waals surface area (Å²) in [6.07, 6.45) is 1.65. The Morgan fingerprint density at radius 2 is 2.38 bits per heavy atom. The average Bonchev–Trinajstić information content (AvgIpc) is 2.49. The van der Waals surface area contributed by atoms with Crippen LogP contribution in [0.3, 0.4) is 0 Å². The van der Waals surface area contributed by atoms with E-state index in [1.165, 1.54) is 11.3 Å². The molecule has 5 heteroatoms. The normalized spacial score (nSPS) is 10.5. The van der Waals surface area contributed by atoms with Crippen LogP contribution in [0.25, 0.3) is 10.2 Å². The third kappa shape index (κ3) is 1.45. The summed E-state index contributed by atoms with van der Waals surface area (Å²) in [5.41, 5.74) is 0. The van der Waals surface area contributed by atoms with E-state index in [4.69, 9.17) is 5.11 Å². The number of rotatable bonds is 1. The van der Waals surface area contributed by atoms with Crippen LogP contribution in [-0.2, 0) is 0 Å². The molecule has 2 rings (SSSR count). The molecule has 0 fully saturated rings. The molecule has 0 saturated heterocycles. The Labute approximate surface area is 86.2 Å². The minimum Gasteiger partial charge on any atom is -0.477 e. The number of carbonyl (C=O) groups is 1. The maximum atomic E-state index is 10.6. The van der Waals surface area contributed by atoms with Gasteiger partial charge in [0.05, 0.1) is 0 Å². The second-order valence-corrected chi connectivity index (χ2v) is 4.31. The molecular formula is C8H4BrNO2S. The number of nitrogens with zero attached hydrogens (tertiary/aromatic N) is 1. The maximum absolute atomic E-state index is 10.6. The Kier molecular flexibility index (Phi) is 2.05.